The lowest BCUT2D eigenvalue weighted by atomic mass is 9.87. The van der Waals surface area contributed by atoms with Crippen LogP contribution in [0.15, 0.2) is 41.2 Å². The maximum Gasteiger partial charge on any atom is 0.306 e. The topological polar surface area (TPSA) is 137 Å². The van der Waals surface area contributed by atoms with E-state index in [0.29, 0.717) is 40.5 Å². The molecule has 0 fully saturated rings. The van der Waals surface area contributed by atoms with Gasteiger partial charge in [-0.1, -0.05) is 6.07 Å². The lowest BCUT2D eigenvalue weighted by Crippen LogP contribution is -2.29. The van der Waals surface area contributed by atoms with Gasteiger partial charge in [-0.2, -0.15) is 0 Å². The third kappa shape index (κ3) is 5.74. The second-order valence-corrected chi connectivity index (χ2v) is 8.41. The lowest BCUT2D eigenvalue weighted by molar-refractivity contribution is -0.140. The molecule has 0 radical (unpaired) electrons. The molecular formula is C27H31NO9. The highest BCUT2D eigenvalue weighted by Gasteiger charge is 2.29. The molecule has 10 nitrogen and oxygen atoms in total. The molecule has 37 heavy (non-hydrogen) atoms. The average molecular weight is 514 g/mol. The van der Waals surface area contributed by atoms with Crippen LogP contribution in [-0.4, -0.2) is 54.3 Å². The van der Waals surface area contributed by atoms with Gasteiger partial charge < -0.3 is 38.8 Å². The smallest absolute Gasteiger partial charge is 0.306 e. The number of methoxy groups -OCH3 is 4. The summed E-state index contributed by atoms with van der Waals surface area (Å²) in [5.41, 5.74) is 1.22. The number of pyridine rings is 1. The zero-order valence-electron chi connectivity index (χ0n) is 21.4. The van der Waals surface area contributed by atoms with Crippen molar-refractivity contribution in [1.29, 1.82) is 0 Å². The van der Waals surface area contributed by atoms with Crippen molar-refractivity contribution >= 4 is 5.97 Å². The summed E-state index contributed by atoms with van der Waals surface area (Å²) in [7, 11) is 5.61. The number of esters is 1. The summed E-state index contributed by atoms with van der Waals surface area (Å²) in [5.74, 6) is -1.23. The van der Waals surface area contributed by atoms with E-state index >= 15 is 0 Å². The molecule has 0 amide bonds. The number of benzene rings is 2. The average Bonchev–Trinajstić information content (AvgIpc) is 2.88. The molecule has 0 unspecified atom stereocenters. The molecule has 0 aliphatic rings. The third-order valence-electron chi connectivity index (χ3n) is 6.22. The van der Waals surface area contributed by atoms with E-state index in [9.17, 15) is 24.9 Å². The van der Waals surface area contributed by atoms with Gasteiger partial charge in [0.1, 0.15) is 5.75 Å². The van der Waals surface area contributed by atoms with Gasteiger partial charge in [0.25, 0.3) is 5.56 Å². The van der Waals surface area contributed by atoms with Crippen LogP contribution in [0.2, 0.25) is 0 Å². The molecule has 1 aromatic heterocycles. The number of aromatic hydroxyl groups is 3. The molecule has 3 N–H and O–H groups in total. The monoisotopic (exact) mass is 513 g/mol. The Morgan fingerprint density at radius 2 is 1.54 bits per heavy atom. The highest BCUT2D eigenvalue weighted by molar-refractivity contribution is 5.72. The van der Waals surface area contributed by atoms with E-state index in [1.807, 2.05) is 0 Å². The van der Waals surface area contributed by atoms with Crippen LogP contribution in [0.25, 0.3) is 0 Å². The molecule has 10 heteroatoms. The largest absolute Gasteiger partial charge is 0.507 e. The van der Waals surface area contributed by atoms with Crippen molar-refractivity contribution in [3.05, 3.63) is 69.1 Å². The predicted octanol–water partition coefficient (Wildman–Crippen LogP) is 3.24. The Kier molecular flexibility index (Phi) is 8.54. The molecule has 198 valence electrons. The molecule has 0 saturated heterocycles. The van der Waals surface area contributed by atoms with E-state index in [1.54, 1.807) is 25.1 Å². The van der Waals surface area contributed by atoms with Crippen LogP contribution in [0.3, 0.4) is 0 Å². The third-order valence-corrected chi connectivity index (χ3v) is 6.22. The first kappa shape index (κ1) is 27.3. The van der Waals surface area contributed by atoms with Crippen LogP contribution in [0.4, 0.5) is 0 Å². The number of carbonyl (C=O) groups excluding carboxylic acids is 1. The van der Waals surface area contributed by atoms with Crippen LogP contribution in [0, 0.1) is 6.92 Å². The van der Waals surface area contributed by atoms with E-state index in [0.717, 1.165) is 0 Å². The Morgan fingerprint density at radius 1 is 0.892 bits per heavy atom. The SMILES string of the molecule is COC(=O)C[C@@H](c1cc(OC)c(OC)c(OC)c1)c1c(O)cc(C)n(CCc2ccc(O)c(O)c2)c1=O. The predicted molar refractivity (Wildman–Crippen MR) is 135 cm³/mol. The van der Waals surface area contributed by atoms with Crippen molar-refractivity contribution < 1.29 is 39.1 Å². The minimum absolute atomic E-state index is 0.0128. The van der Waals surface area contributed by atoms with Gasteiger partial charge in [0.15, 0.2) is 23.0 Å². The van der Waals surface area contributed by atoms with Crippen LogP contribution < -0.4 is 19.8 Å². The molecule has 0 aliphatic carbocycles. The number of hydrogen-bond acceptors (Lipinski definition) is 9. The first-order valence-electron chi connectivity index (χ1n) is 11.5. The van der Waals surface area contributed by atoms with Gasteiger partial charge in [-0.05, 0) is 54.8 Å². The summed E-state index contributed by atoms with van der Waals surface area (Å²) in [6, 6.07) is 9.15. The first-order valence-corrected chi connectivity index (χ1v) is 11.5. The van der Waals surface area contributed by atoms with Crippen LogP contribution in [0.1, 0.15) is 34.7 Å². The van der Waals surface area contributed by atoms with Gasteiger partial charge in [-0.15, -0.1) is 0 Å². The number of ether oxygens (including phenoxy) is 4. The first-order chi connectivity index (χ1) is 17.6. The number of phenolic OH excluding ortho intramolecular Hbond substituents is 2. The number of nitrogens with zero attached hydrogens (tertiary/aromatic N) is 1. The number of phenols is 2. The molecular weight excluding hydrogens is 482 g/mol. The maximum atomic E-state index is 13.7. The standard InChI is InChI=1S/C27H31NO9/c1-15-10-21(31)25(27(33)28(15)9-8-16-6-7-19(29)20(30)11-16)18(14-24(32)36-4)17-12-22(34-2)26(37-5)23(13-17)35-3/h6-7,10-13,18,29-31H,8-9,14H2,1-5H3/t18-/m0/s1. The zero-order valence-corrected chi connectivity index (χ0v) is 21.4. The molecule has 1 atom stereocenters. The van der Waals surface area contributed by atoms with E-state index in [4.69, 9.17) is 18.9 Å². The Morgan fingerprint density at radius 3 is 2.08 bits per heavy atom. The summed E-state index contributed by atoms with van der Waals surface area (Å²) in [6.45, 7) is 1.91. The van der Waals surface area contributed by atoms with Gasteiger partial charge in [0, 0.05) is 18.2 Å². The van der Waals surface area contributed by atoms with E-state index < -0.39 is 17.4 Å². The molecule has 1 heterocycles. The second kappa shape index (κ2) is 11.6. The van der Waals surface area contributed by atoms with Gasteiger partial charge in [-0.3, -0.25) is 9.59 Å². The Balaban J connectivity index is 2.14. The minimum atomic E-state index is -0.891. The van der Waals surface area contributed by atoms with Gasteiger partial charge in [-0.25, -0.2) is 0 Å². The summed E-state index contributed by atoms with van der Waals surface area (Å²) in [5, 5.41) is 30.3. The fourth-order valence-corrected chi connectivity index (χ4v) is 4.28. The van der Waals surface area contributed by atoms with Crippen molar-refractivity contribution in [1.82, 2.24) is 4.57 Å². The number of aromatic nitrogens is 1. The number of aryl methyl sites for hydroxylation is 2. The lowest BCUT2D eigenvalue weighted by Gasteiger charge is -2.22. The van der Waals surface area contributed by atoms with E-state index in [2.05, 4.69) is 0 Å². The zero-order chi connectivity index (χ0) is 27.3. The number of carbonyl (C=O) groups is 1. The molecule has 3 aromatic rings. The summed E-state index contributed by atoms with van der Waals surface area (Å²) in [6.07, 6.45) is 0.136. The fraction of sp³-hybridized carbons (Fsp3) is 0.333. The van der Waals surface area contributed by atoms with Crippen molar-refractivity contribution in [2.75, 3.05) is 28.4 Å². The van der Waals surface area contributed by atoms with E-state index in [-0.39, 0.29) is 35.8 Å². The maximum absolute atomic E-state index is 13.7. The van der Waals surface area contributed by atoms with Crippen LogP contribution >= 0.6 is 0 Å². The van der Waals surface area contributed by atoms with E-state index in [1.165, 1.54) is 51.2 Å². The number of rotatable bonds is 10. The Labute approximate surface area is 214 Å². The van der Waals surface area contributed by atoms with Gasteiger partial charge in [0.2, 0.25) is 5.75 Å². The molecule has 0 aliphatic heterocycles. The van der Waals surface area contributed by atoms with Crippen molar-refractivity contribution in [2.45, 2.75) is 32.2 Å². The number of hydrogen-bond donors (Lipinski definition) is 3. The summed E-state index contributed by atoms with van der Waals surface area (Å²) >= 11 is 0. The van der Waals surface area contributed by atoms with Gasteiger partial charge >= 0.3 is 5.97 Å². The normalized spacial score (nSPS) is 11.6. The second-order valence-electron chi connectivity index (χ2n) is 8.41. The Bertz CT molecular complexity index is 1320. The van der Waals surface area contributed by atoms with Gasteiger partial charge in [0.05, 0.1) is 40.4 Å². The quantitative estimate of drug-likeness (QED) is 0.276. The van der Waals surface area contributed by atoms with Crippen molar-refractivity contribution in [3.8, 4) is 34.5 Å². The molecule has 0 bridgehead atoms. The molecule has 3 rings (SSSR count). The van der Waals surface area contributed by atoms with Crippen LogP contribution in [0.5, 0.6) is 34.5 Å². The molecule has 0 saturated carbocycles. The van der Waals surface area contributed by atoms with Crippen molar-refractivity contribution in [2.24, 2.45) is 0 Å². The highest BCUT2D eigenvalue weighted by Crippen LogP contribution is 2.43. The summed E-state index contributed by atoms with van der Waals surface area (Å²) in [4.78, 5) is 26.1. The minimum Gasteiger partial charge on any atom is -0.507 e. The fourth-order valence-electron chi connectivity index (χ4n) is 4.28. The molecule has 2 aromatic carbocycles. The molecule has 0 spiro atoms. The highest BCUT2D eigenvalue weighted by atomic mass is 16.5. The Hall–Kier alpha value is -4.34. The van der Waals surface area contributed by atoms with Crippen molar-refractivity contribution in [3.63, 3.8) is 0 Å². The summed E-state index contributed by atoms with van der Waals surface area (Å²) < 4.78 is 22.6. The van der Waals surface area contributed by atoms with Crippen LogP contribution in [-0.2, 0) is 22.5 Å².